The lowest BCUT2D eigenvalue weighted by atomic mass is 9.91. The van der Waals surface area contributed by atoms with Crippen LogP contribution in [0, 0.1) is 24.1 Å². The molecule has 3 N–H and O–H groups in total. The first-order chi connectivity index (χ1) is 10.5. The quantitative estimate of drug-likeness (QED) is 0.828. The largest absolute Gasteiger partial charge is 0.368 e. The van der Waals surface area contributed by atoms with Crippen LogP contribution in [0.3, 0.4) is 0 Å². The predicted molar refractivity (Wildman–Crippen MR) is 76.2 cm³/mol. The third-order valence-corrected chi connectivity index (χ3v) is 3.62. The van der Waals surface area contributed by atoms with E-state index in [0.29, 0.717) is 28.9 Å². The number of hydrogen-bond acceptors (Lipinski definition) is 5. The fraction of sp³-hybridized carbons (Fsp3) is 0.200. The van der Waals surface area contributed by atoms with Crippen LogP contribution >= 0.6 is 0 Å². The van der Waals surface area contributed by atoms with Crippen molar-refractivity contribution in [3.63, 3.8) is 0 Å². The number of nitrogens with zero attached hydrogens (tertiary/aromatic N) is 3. The lowest BCUT2D eigenvalue weighted by molar-refractivity contribution is 0.0922. The normalized spacial score (nSPS) is 16.6. The molecule has 0 bridgehead atoms. The molecule has 1 aliphatic rings. The van der Waals surface area contributed by atoms with Crippen LogP contribution in [0.2, 0.25) is 0 Å². The highest BCUT2D eigenvalue weighted by Crippen LogP contribution is 2.28. The Hall–Kier alpha value is -3.01. The molecule has 2 aromatic rings. The molecule has 1 aromatic carbocycles. The van der Waals surface area contributed by atoms with Gasteiger partial charge >= 0.3 is 0 Å². The van der Waals surface area contributed by atoms with E-state index in [0.717, 1.165) is 6.07 Å². The summed E-state index contributed by atoms with van der Waals surface area (Å²) < 4.78 is 13.2. The maximum absolute atomic E-state index is 13.2. The van der Waals surface area contributed by atoms with Gasteiger partial charge in [-0.15, -0.1) is 0 Å². The molecule has 1 amide bonds. The zero-order chi connectivity index (χ0) is 15.9. The molecule has 1 unspecified atom stereocenters. The zero-order valence-corrected chi connectivity index (χ0v) is 11.7. The Balaban J connectivity index is 2.07. The van der Waals surface area contributed by atoms with Gasteiger partial charge < -0.3 is 11.1 Å². The molecule has 7 heteroatoms. The predicted octanol–water partition coefficient (Wildman–Crippen LogP) is 1.41. The van der Waals surface area contributed by atoms with E-state index in [1.165, 1.54) is 12.1 Å². The minimum atomic E-state index is -0.495. The lowest BCUT2D eigenvalue weighted by Gasteiger charge is -2.26. The number of nitriles is 1. The van der Waals surface area contributed by atoms with Gasteiger partial charge in [0.15, 0.2) is 0 Å². The molecule has 0 aliphatic carbocycles. The molecule has 22 heavy (non-hydrogen) atoms. The first-order valence-electron chi connectivity index (χ1n) is 6.63. The van der Waals surface area contributed by atoms with Crippen molar-refractivity contribution in [2.75, 3.05) is 5.73 Å². The van der Waals surface area contributed by atoms with Crippen LogP contribution in [0.15, 0.2) is 18.2 Å². The number of benzene rings is 1. The number of rotatable bonds is 1. The summed E-state index contributed by atoms with van der Waals surface area (Å²) >= 11 is 0. The molecule has 0 saturated carbocycles. The number of amides is 1. The number of nitrogens with two attached hydrogens (primary N) is 1. The molecule has 0 saturated heterocycles. The third-order valence-electron chi connectivity index (χ3n) is 3.62. The van der Waals surface area contributed by atoms with Gasteiger partial charge in [-0.25, -0.2) is 14.4 Å². The maximum atomic E-state index is 13.2. The van der Waals surface area contributed by atoms with Crippen LogP contribution in [0.1, 0.15) is 38.9 Å². The van der Waals surface area contributed by atoms with Crippen molar-refractivity contribution in [1.29, 1.82) is 5.26 Å². The number of carbonyl (C=O) groups excluding carboxylic acids is 1. The molecule has 0 spiro atoms. The first kappa shape index (κ1) is 13.9. The van der Waals surface area contributed by atoms with Crippen LogP contribution in [0.4, 0.5) is 10.3 Å². The van der Waals surface area contributed by atoms with E-state index < -0.39 is 11.9 Å². The van der Waals surface area contributed by atoms with Gasteiger partial charge in [0.05, 0.1) is 34.6 Å². The van der Waals surface area contributed by atoms with Crippen LogP contribution in [-0.2, 0) is 6.42 Å². The number of carbonyl (C=O) groups is 1. The number of aryl methyl sites for hydroxylation is 1. The molecular formula is C15H12FN5O. The summed E-state index contributed by atoms with van der Waals surface area (Å²) in [6.45, 7) is 1.69. The van der Waals surface area contributed by atoms with Gasteiger partial charge in [-0.05, 0) is 24.6 Å². The molecule has 110 valence electrons. The molecule has 1 atom stereocenters. The van der Waals surface area contributed by atoms with Crippen LogP contribution in [0.5, 0.6) is 0 Å². The SMILES string of the molecule is Cc1nc(N)nc2c1C(=O)NC(c1ccc(F)cc1C#N)C2. The second-order valence-electron chi connectivity index (χ2n) is 5.06. The Morgan fingerprint density at radius 3 is 2.95 bits per heavy atom. The van der Waals surface area contributed by atoms with E-state index in [4.69, 9.17) is 11.0 Å². The average molecular weight is 297 g/mol. The fourth-order valence-corrected chi connectivity index (χ4v) is 2.69. The van der Waals surface area contributed by atoms with Crippen molar-refractivity contribution >= 4 is 11.9 Å². The topological polar surface area (TPSA) is 105 Å². The number of fused-ring (bicyclic) bond motifs is 1. The summed E-state index contributed by atoms with van der Waals surface area (Å²) in [4.78, 5) is 20.4. The summed E-state index contributed by atoms with van der Waals surface area (Å²) in [6, 6.07) is 5.40. The number of nitrogen functional groups attached to an aromatic ring is 1. The fourth-order valence-electron chi connectivity index (χ4n) is 2.69. The van der Waals surface area contributed by atoms with Gasteiger partial charge in [0.25, 0.3) is 5.91 Å². The number of anilines is 1. The highest BCUT2D eigenvalue weighted by atomic mass is 19.1. The number of hydrogen-bond donors (Lipinski definition) is 2. The summed E-state index contributed by atoms with van der Waals surface area (Å²) in [5.74, 6) is -0.716. The Kier molecular flexibility index (Phi) is 3.22. The lowest BCUT2D eigenvalue weighted by Crippen LogP contribution is -2.37. The van der Waals surface area contributed by atoms with Gasteiger partial charge in [-0.1, -0.05) is 6.07 Å². The van der Waals surface area contributed by atoms with Crippen LogP contribution < -0.4 is 11.1 Å². The van der Waals surface area contributed by atoms with Crippen molar-refractivity contribution in [2.24, 2.45) is 0 Å². The van der Waals surface area contributed by atoms with Crippen molar-refractivity contribution < 1.29 is 9.18 Å². The molecule has 2 heterocycles. The number of halogens is 1. The minimum Gasteiger partial charge on any atom is -0.368 e. The monoisotopic (exact) mass is 297 g/mol. The molecule has 0 fully saturated rings. The third kappa shape index (κ3) is 2.24. The van der Waals surface area contributed by atoms with E-state index in [1.807, 2.05) is 6.07 Å². The van der Waals surface area contributed by atoms with Gasteiger partial charge in [0, 0.05) is 6.42 Å². The molecular weight excluding hydrogens is 285 g/mol. The zero-order valence-electron chi connectivity index (χ0n) is 11.7. The van der Waals surface area contributed by atoms with Gasteiger partial charge in [0.1, 0.15) is 5.82 Å². The molecule has 1 aromatic heterocycles. The van der Waals surface area contributed by atoms with Crippen molar-refractivity contribution in [2.45, 2.75) is 19.4 Å². The Bertz CT molecular complexity index is 827. The second-order valence-corrected chi connectivity index (χ2v) is 5.06. The van der Waals surface area contributed by atoms with Crippen LogP contribution in [0.25, 0.3) is 0 Å². The first-order valence-corrected chi connectivity index (χ1v) is 6.63. The number of aromatic nitrogens is 2. The summed E-state index contributed by atoms with van der Waals surface area (Å²) in [5.41, 5.74) is 7.83. The molecule has 3 rings (SSSR count). The van der Waals surface area contributed by atoms with Crippen molar-refractivity contribution in [1.82, 2.24) is 15.3 Å². The van der Waals surface area contributed by atoms with Gasteiger partial charge in [0.2, 0.25) is 5.95 Å². The van der Waals surface area contributed by atoms with Crippen molar-refractivity contribution in [3.05, 3.63) is 52.1 Å². The van der Waals surface area contributed by atoms with E-state index in [9.17, 15) is 9.18 Å². The maximum Gasteiger partial charge on any atom is 0.255 e. The van der Waals surface area contributed by atoms with E-state index in [1.54, 1.807) is 6.92 Å². The van der Waals surface area contributed by atoms with Gasteiger partial charge in [-0.2, -0.15) is 5.26 Å². The van der Waals surface area contributed by atoms with E-state index in [-0.39, 0.29) is 17.4 Å². The van der Waals surface area contributed by atoms with Crippen molar-refractivity contribution in [3.8, 4) is 6.07 Å². The van der Waals surface area contributed by atoms with Gasteiger partial charge in [-0.3, -0.25) is 4.79 Å². The minimum absolute atomic E-state index is 0.101. The summed E-state index contributed by atoms with van der Waals surface area (Å²) in [6.07, 6.45) is 0.370. The Morgan fingerprint density at radius 2 is 2.23 bits per heavy atom. The molecule has 0 radical (unpaired) electrons. The highest BCUT2D eigenvalue weighted by molar-refractivity contribution is 5.97. The van der Waals surface area contributed by atoms with E-state index in [2.05, 4.69) is 15.3 Å². The molecule has 6 nitrogen and oxygen atoms in total. The Labute approximate surface area is 125 Å². The van der Waals surface area contributed by atoms with Crippen LogP contribution in [-0.4, -0.2) is 15.9 Å². The smallest absolute Gasteiger partial charge is 0.255 e. The average Bonchev–Trinajstić information content (AvgIpc) is 2.45. The highest BCUT2D eigenvalue weighted by Gasteiger charge is 2.30. The van der Waals surface area contributed by atoms with E-state index >= 15 is 0 Å². The Morgan fingerprint density at radius 1 is 1.45 bits per heavy atom. The molecule has 1 aliphatic heterocycles. The number of nitrogens with one attached hydrogen (secondary N) is 1. The standard InChI is InChI=1S/C15H12FN5O/c1-7-13-12(21-15(18)19-7)5-11(20-14(13)22)10-3-2-9(16)4-8(10)6-17/h2-4,11H,5H2,1H3,(H,20,22)(H2,18,19,21). The second kappa shape index (κ2) is 5.07. The summed E-state index contributed by atoms with van der Waals surface area (Å²) in [7, 11) is 0. The summed E-state index contributed by atoms with van der Waals surface area (Å²) in [5, 5.41) is 12.0.